The van der Waals surface area contributed by atoms with E-state index in [0.717, 1.165) is 22.4 Å². The largest absolute Gasteiger partial charge is 0.493 e. The number of carbonyl (C=O) groups is 1. The Labute approximate surface area is 169 Å². The zero-order valence-electron chi connectivity index (χ0n) is 16.4. The van der Waals surface area contributed by atoms with Crippen LogP contribution in [-0.2, 0) is 11.2 Å². The number of aliphatic carboxylic acids is 1. The van der Waals surface area contributed by atoms with Gasteiger partial charge in [-0.1, -0.05) is 36.4 Å². The summed E-state index contributed by atoms with van der Waals surface area (Å²) >= 11 is 0. The van der Waals surface area contributed by atoms with Crippen LogP contribution in [0.1, 0.15) is 19.4 Å². The summed E-state index contributed by atoms with van der Waals surface area (Å²) in [5.41, 5.74) is 1.74. The minimum absolute atomic E-state index is 0.251. The fourth-order valence-corrected chi connectivity index (χ4v) is 2.74. The highest BCUT2D eigenvalue weighted by Crippen LogP contribution is 2.23. The summed E-state index contributed by atoms with van der Waals surface area (Å²) in [4.78, 5) is 11.1. The molecule has 0 amide bonds. The molecule has 0 aliphatic heterocycles. The summed E-state index contributed by atoms with van der Waals surface area (Å²) < 4.78 is 24.3. The second-order valence-electron chi connectivity index (χ2n) is 7.19. The van der Waals surface area contributed by atoms with E-state index in [1.54, 1.807) is 24.3 Å². The molecule has 0 aliphatic carbocycles. The molecule has 0 aliphatic rings. The number of hydrogen-bond acceptors (Lipinski definition) is 3. The predicted octanol–water partition coefficient (Wildman–Crippen LogP) is 5.36. The van der Waals surface area contributed by atoms with Crippen LogP contribution in [0.4, 0.5) is 4.39 Å². The summed E-state index contributed by atoms with van der Waals surface area (Å²) in [5, 5.41) is 9.12. The first-order valence-electron chi connectivity index (χ1n) is 9.34. The van der Waals surface area contributed by atoms with Crippen molar-refractivity contribution in [1.29, 1.82) is 0 Å². The number of carboxylic acid groups (broad SMARTS) is 1. The Bertz CT molecular complexity index is 946. The molecule has 3 aromatic carbocycles. The lowest BCUT2D eigenvalue weighted by Gasteiger charge is -2.21. The van der Waals surface area contributed by atoms with Crippen LogP contribution >= 0.6 is 0 Å². The van der Waals surface area contributed by atoms with Crippen molar-refractivity contribution in [3.8, 4) is 22.6 Å². The molecule has 0 spiro atoms. The van der Waals surface area contributed by atoms with Gasteiger partial charge < -0.3 is 14.6 Å². The van der Waals surface area contributed by atoms with E-state index in [1.165, 1.54) is 26.0 Å². The van der Waals surface area contributed by atoms with E-state index in [1.807, 2.05) is 36.4 Å². The first kappa shape index (κ1) is 20.4. The Morgan fingerprint density at radius 2 is 1.38 bits per heavy atom. The molecule has 0 saturated heterocycles. The summed E-state index contributed by atoms with van der Waals surface area (Å²) in [6.45, 7) is 3.54. The summed E-state index contributed by atoms with van der Waals surface area (Å²) in [5.74, 6) is 0.0109. The molecular weight excluding hydrogens is 371 g/mol. The Hall–Kier alpha value is -3.34. The van der Waals surface area contributed by atoms with Gasteiger partial charge in [0.2, 0.25) is 0 Å². The van der Waals surface area contributed by atoms with Crippen LogP contribution in [0.2, 0.25) is 0 Å². The first-order valence-corrected chi connectivity index (χ1v) is 9.34. The van der Waals surface area contributed by atoms with Crippen LogP contribution in [0.3, 0.4) is 0 Å². The van der Waals surface area contributed by atoms with Gasteiger partial charge in [0.1, 0.15) is 17.3 Å². The molecule has 1 N–H and O–H groups in total. The Kier molecular flexibility index (Phi) is 6.17. The van der Waals surface area contributed by atoms with Crippen LogP contribution in [0.15, 0.2) is 72.8 Å². The topological polar surface area (TPSA) is 55.8 Å². The van der Waals surface area contributed by atoms with Crippen LogP contribution in [-0.4, -0.2) is 23.3 Å². The van der Waals surface area contributed by atoms with Crippen molar-refractivity contribution < 1.29 is 23.8 Å². The number of hydrogen-bond donors (Lipinski definition) is 1. The second-order valence-corrected chi connectivity index (χ2v) is 7.19. The maximum atomic E-state index is 13.0. The van der Waals surface area contributed by atoms with Crippen LogP contribution in [0, 0.1) is 5.82 Å². The molecule has 4 nitrogen and oxygen atoms in total. The van der Waals surface area contributed by atoms with Gasteiger partial charge in [0, 0.05) is 6.42 Å². The highest BCUT2D eigenvalue weighted by atomic mass is 19.1. The van der Waals surface area contributed by atoms with Crippen LogP contribution in [0.25, 0.3) is 11.1 Å². The highest BCUT2D eigenvalue weighted by Gasteiger charge is 2.29. The SMILES string of the molecule is CC(C)(Oc1ccc(CCOc2ccc(-c3ccc(F)cc3)cc2)cc1)C(=O)O. The van der Waals surface area contributed by atoms with Gasteiger partial charge in [-0.2, -0.15) is 0 Å². The zero-order valence-corrected chi connectivity index (χ0v) is 16.4. The molecule has 5 heteroatoms. The summed E-state index contributed by atoms with van der Waals surface area (Å²) in [7, 11) is 0. The molecule has 0 radical (unpaired) electrons. The van der Waals surface area contributed by atoms with Crippen molar-refractivity contribution in [3.63, 3.8) is 0 Å². The number of ether oxygens (including phenoxy) is 2. The summed E-state index contributed by atoms with van der Waals surface area (Å²) in [6, 6.07) is 21.4. The van der Waals surface area contributed by atoms with E-state index in [9.17, 15) is 9.18 Å². The minimum atomic E-state index is -1.27. The number of rotatable bonds is 8. The van der Waals surface area contributed by atoms with E-state index < -0.39 is 11.6 Å². The van der Waals surface area contributed by atoms with Crippen LogP contribution in [0.5, 0.6) is 11.5 Å². The number of carboxylic acids is 1. The molecule has 150 valence electrons. The Balaban J connectivity index is 1.51. The fourth-order valence-electron chi connectivity index (χ4n) is 2.74. The lowest BCUT2D eigenvalue weighted by atomic mass is 10.1. The maximum absolute atomic E-state index is 13.0. The average molecular weight is 394 g/mol. The molecule has 0 unspecified atom stereocenters. The molecule has 0 aromatic heterocycles. The van der Waals surface area contributed by atoms with Crippen molar-refractivity contribution in [2.24, 2.45) is 0 Å². The van der Waals surface area contributed by atoms with Gasteiger partial charge in [-0.15, -0.1) is 0 Å². The van der Waals surface area contributed by atoms with Gasteiger partial charge in [0.25, 0.3) is 0 Å². The molecular formula is C24H23FO4. The zero-order chi connectivity index (χ0) is 20.9. The second kappa shape index (κ2) is 8.78. The van der Waals surface area contributed by atoms with Gasteiger partial charge in [-0.3, -0.25) is 0 Å². The first-order chi connectivity index (χ1) is 13.8. The number of halogens is 1. The molecule has 0 saturated carbocycles. The van der Waals surface area contributed by atoms with E-state index in [-0.39, 0.29) is 5.82 Å². The van der Waals surface area contributed by atoms with Crippen LogP contribution < -0.4 is 9.47 Å². The van der Waals surface area contributed by atoms with Gasteiger partial charge in [-0.05, 0) is 66.9 Å². The normalized spacial score (nSPS) is 11.1. The van der Waals surface area contributed by atoms with Gasteiger partial charge in [-0.25, -0.2) is 9.18 Å². The molecule has 0 atom stereocenters. The summed E-state index contributed by atoms with van der Waals surface area (Å²) in [6.07, 6.45) is 0.711. The fraction of sp³-hybridized carbons (Fsp3) is 0.208. The monoisotopic (exact) mass is 394 g/mol. The van der Waals surface area contributed by atoms with Gasteiger partial charge in [0.15, 0.2) is 5.60 Å². The van der Waals surface area contributed by atoms with E-state index in [2.05, 4.69) is 0 Å². The van der Waals surface area contributed by atoms with Crippen molar-refractivity contribution in [2.45, 2.75) is 25.9 Å². The minimum Gasteiger partial charge on any atom is -0.493 e. The van der Waals surface area contributed by atoms with Gasteiger partial charge >= 0.3 is 5.97 Å². The third-order valence-electron chi connectivity index (χ3n) is 4.50. The van der Waals surface area contributed by atoms with Crippen molar-refractivity contribution in [3.05, 3.63) is 84.2 Å². The molecule has 0 bridgehead atoms. The average Bonchev–Trinajstić information content (AvgIpc) is 2.70. The van der Waals surface area contributed by atoms with E-state index in [0.29, 0.717) is 18.8 Å². The van der Waals surface area contributed by atoms with Crippen molar-refractivity contribution >= 4 is 5.97 Å². The van der Waals surface area contributed by atoms with Crippen molar-refractivity contribution in [2.75, 3.05) is 6.61 Å². The maximum Gasteiger partial charge on any atom is 0.347 e. The van der Waals surface area contributed by atoms with E-state index >= 15 is 0 Å². The van der Waals surface area contributed by atoms with Crippen molar-refractivity contribution in [1.82, 2.24) is 0 Å². The highest BCUT2D eigenvalue weighted by molar-refractivity contribution is 5.76. The third-order valence-corrected chi connectivity index (χ3v) is 4.50. The Morgan fingerprint density at radius 3 is 1.93 bits per heavy atom. The smallest absolute Gasteiger partial charge is 0.347 e. The Morgan fingerprint density at radius 1 is 0.862 bits per heavy atom. The predicted molar refractivity (Wildman–Crippen MR) is 110 cm³/mol. The molecule has 0 fully saturated rings. The quantitative estimate of drug-likeness (QED) is 0.559. The molecule has 0 heterocycles. The van der Waals surface area contributed by atoms with E-state index in [4.69, 9.17) is 14.6 Å². The molecule has 3 aromatic rings. The standard InChI is InChI=1S/C24H23FO4/c1-24(2,23(26)27)29-22-11-3-17(4-12-22)15-16-28-21-13-7-19(8-14-21)18-5-9-20(25)10-6-18/h3-14H,15-16H2,1-2H3,(H,26,27). The lowest BCUT2D eigenvalue weighted by Crippen LogP contribution is -2.37. The van der Waals surface area contributed by atoms with Gasteiger partial charge in [0.05, 0.1) is 6.61 Å². The molecule has 3 rings (SSSR count). The third kappa shape index (κ3) is 5.57. The number of benzene rings is 3. The molecule has 29 heavy (non-hydrogen) atoms. The lowest BCUT2D eigenvalue weighted by molar-refractivity contribution is -0.152.